The number of nitrogens with zero attached hydrogens (tertiary/aromatic N) is 2. The molecule has 2 aromatic rings. The van der Waals surface area contributed by atoms with Gasteiger partial charge in [-0.05, 0) is 36.7 Å². The van der Waals surface area contributed by atoms with E-state index in [1.807, 2.05) is 18.3 Å². The van der Waals surface area contributed by atoms with Gasteiger partial charge in [0.25, 0.3) is 0 Å². The highest BCUT2D eigenvalue weighted by Crippen LogP contribution is 2.38. The number of hydrogen-bond acceptors (Lipinski definition) is 4. The highest BCUT2D eigenvalue weighted by Gasteiger charge is 2.39. The van der Waals surface area contributed by atoms with E-state index in [9.17, 15) is 13.2 Å². The second-order valence-electron chi connectivity index (χ2n) is 7.16. The predicted octanol–water partition coefficient (Wildman–Crippen LogP) is 3.44. The molecule has 0 saturated carbocycles. The average molecular weight is 420 g/mol. The third kappa shape index (κ3) is 4.68. The number of rotatable bonds is 2. The quantitative estimate of drug-likeness (QED) is 0.572. The van der Waals surface area contributed by atoms with Gasteiger partial charge in [-0.25, -0.2) is 9.59 Å². The molecule has 1 fully saturated rings. The van der Waals surface area contributed by atoms with Crippen molar-refractivity contribution in [2.24, 2.45) is 0 Å². The average Bonchev–Trinajstić information content (AvgIpc) is 3.02. The number of benzene rings is 1. The van der Waals surface area contributed by atoms with Gasteiger partial charge in [0.1, 0.15) is 0 Å². The van der Waals surface area contributed by atoms with Crippen molar-refractivity contribution < 1.29 is 33.0 Å². The Balaban J connectivity index is 0.000000377. The number of aliphatic carboxylic acids is 2. The van der Waals surface area contributed by atoms with Crippen molar-refractivity contribution in [3.8, 4) is 11.3 Å². The van der Waals surface area contributed by atoms with E-state index in [-0.39, 0.29) is 5.41 Å². The molecule has 30 heavy (non-hydrogen) atoms. The van der Waals surface area contributed by atoms with Crippen LogP contribution in [0.4, 0.5) is 13.2 Å². The van der Waals surface area contributed by atoms with Crippen LogP contribution in [0.3, 0.4) is 0 Å². The molecule has 2 aliphatic rings. The van der Waals surface area contributed by atoms with Crippen LogP contribution in [0.25, 0.3) is 11.3 Å². The number of aromatic nitrogens is 1. The Hall–Kier alpha value is -3.20. The number of alkyl halides is 3. The minimum Gasteiger partial charge on any atom is -0.473 e. The highest BCUT2D eigenvalue weighted by atomic mass is 19.4. The van der Waals surface area contributed by atoms with Crippen molar-refractivity contribution in [3.63, 3.8) is 0 Å². The van der Waals surface area contributed by atoms with E-state index in [2.05, 4.69) is 22.0 Å². The van der Waals surface area contributed by atoms with Crippen molar-refractivity contribution in [2.75, 3.05) is 19.6 Å². The topological polar surface area (TPSA) is 90.7 Å². The first-order valence-corrected chi connectivity index (χ1v) is 9.11. The molecule has 2 bridgehead atoms. The van der Waals surface area contributed by atoms with Crippen molar-refractivity contribution in [2.45, 2.75) is 18.0 Å². The molecule has 2 atom stereocenters. The molecule has 4 rings (SSSR count). The van der Waals surface area contributed by atoms with Crippen molar-refractivity contribution >= 4 is 11.9 Å². The van der Waals surface area contributed by atoms with Crippen LogP contribution in [0, 0.1) is 0 Å². The number of carboxylic acids is 2. The third-order valence-electron chi connectivity index (χ3n) is 5.19. The van der Waals surface area contributed by atoms with Gasteiger partial charge in [0.15, 0.2) is 0 Å². The van der Waals surface area contributed by atoms with Gasteiger partial charge in [-0.1, -0.05) is 30.4 Å². The Morgan fingerprint density at radius 2 is 1.83 bits per heavy atom. The maximum atomic E-state index is 12.9. The minimum absolute atomic E-state index is 0.0115. The van der Waals surface area contributed by atoms with Crippen LogP contribution in [-0.2, 0) is 21.2 Å². The Morgan fingerprint density at radius 3 is 2.43 bits per heavy atom. The second-order valence-corrected chi connectivity index (χ2v) is 7.16. The van der Waals surface area contributed by atoms with Crippen molar-refractivity contribution in [1.82, 2.24) is 9.88 Å². The normalized spacial score (nSPS) is 22.2. The minimum atomic E-state index is -4.34. The first-order valence-electron chi connectivity index (χ1n) is 9.11. The molecule has 2 unspecified atom stereocenters. The van der Waals surface area contributed by atoms with Crippen LogP contribution in [0.5, 0.6) is 0 Å². The van der Waals surface area contributed by atoms with Crippen LogP contribution in [0.15, 0.2) is 54.7 Å². The molecule has 0 spiro atoms. The summed E-state index contributed by atoms with van der Waals surface area (Å²) in [6.45, 7) is 3.06. The lowest BCUT2D eigenvalue weighted by Crippen LogP contribution is -2.33. The lowest BCUT2D eigenvalue weighted by Gasteiger charge is -2.29. The molecular weight excluding hydrogens is 401 g/mol. The molecule has 158 valence electrons. The highest BCUT2D eigenvalue weighted by molar-refractivity contribution is 6.27. The van der Waals surface area contributed by atoms with Crippen LogP contribution >= 0.6 is 0 Å². The summed E-state index contributed by atoms with van der Waals surface area (Å²) in [4.78, 5) is 25.0. The summed E-state index contributed by atoms with van der Waals surface area (Å²) in [5, 5.41) is 14.8. The molecule has 6 nitrogen and oxygen atoms in total. The molecule has 1 aromatic carbocycles. The molecule has 0 amide bonds. The number of halogens is 3. The van der Waals surface area contributed by atoms with E-state index in [4.69, 9.17) is 19.8 Å². The van der Waals surface area contributed by atoms with Gasteiger partial charge in [0.05, 0.1) is 11.3 Å². The zero-order valence-electron chi connectivity index (χ0n) is 15.8. The number of pyridine rings is 1. The second kappa shape index (κ2) is 8.27. The fourth-order valence-electron chi connectivity index (χ4n) is 3.68. The summed E-state index contributed by atoms with van der Waals surface area (Å²) < 4.78 is 38.6. The fraction of sp³-hybridized carbons (Fsp3) is 0.286. The predicted molar refractivity (Wildman–Crippen MR) is 102 cm³/mol. The summed E-state index contributed by atoms with van der Waals surface area (Å²) >= 11 is 0. The smallest absolute Gasteiger partial charge is 0.416 e. The lowest BCUT2D eigenvalue weighted by atomic mass is 9.79. The van der Waals surface area contributed by atoms with Gasteiger partial charge in [-0.2, -0.15) is 13.2 Å². The summed E-state index contributed by atoms with van der Waals surface area (Å²) in [5.74, 6) is -3.65. The van der Waals surface area contributed by atoms with E-state index < -0.39 is 23.7 Å². The fourth-order valence-corrected chi connectivity index (χ4v) is 3.68. The number of carboxylic acid groups (broad SMARTS) is 2. The van der Waals surface area contributed by atoms with E-state index >= 15 is 0 Å². The first-order chi connectivity index (χ1) is 14.1. The lowest BCUT2D eigenvalue weighted by molar-refractivity contribution is -0.159. The number of fused-ring (bicyclic) bond motifs is 2. The number of hydrogen-bond donors (Lipinski definition) is 2. The van der Waals surface area contributed by atoms with Gasteiger partial charge < -0.3 is 10.2 Å². The van der Waals surface area contributed by atoms with Crippen LogP contribution in [0.1, 0.15) is 17.5 Å². The first kappa shape index (κ1) is 21.5. The standard InChI is InChI=1S/C19H17F3N2.C2H2O4/c20-19(21,22)15-4-1-3-14(11-15)17-6-5-16(12-23-17)18-7-2-9-24(13-18)10-8-18;3-1(4)2(5)6/h1-7,11-12H,8-10,13H2;(H,3,4)(H,5,6). The van der Waals surface area contributed by atoms with Gasteiger partial charge >= 0.3 is 18.1 Å². The molecule has 1 saturated heterocycles. The van der Waals surface area contributed by atoms with Crippen LogP contribution in [-0.4, -0.2) is 51.7 Å². The van der Waals surface area contributed by atoms with Crippen LogP contribution in [0.2, 0.25) is 0 Å². The molecule has 9 heteroatoms. The molecule has 2 N–H and O–H groups in total. The van der Waals surface area contributed by atoms with E-state index in [1.54, 1.807) is 6.07 Å². The molecule has 0 aliphatic carbocycles. The van der Waals surface area contributed by atoms with Gasteiger partial charge in [-0.3, -0.25) is 9.88 Å². The maximum Gasteiger partial charge on any atom is 0.416 e. The van der Waals surface area contributed by atoms with Gasteiger partial charge in [0.2, 0.25) is 0 Å². The van der Waals surface area contributed by atoms with Crippen molar-refractivity contribution in [3.05, 3.63) is 65.9 Å². The van der Waals surface area contributed by atoms with E-state index in [1.165, 1.54) is 6.07 Å². The Kier molecular flexibility index (Phi) is 5.93. The zero-order chi connectivity index (χ0) is 21.9. The molecule has 0 radical (unpaired) electrons. The van der Waals surface area contributed by atoms with Crippen molar-refractivity contribution in [1.29, 1.82) is 0 Å². The Labute approximate surface area is 170 Å². The molecule has 2 aliphatic heterocycles. The Morgan fingerprint density at radius 1 is 1.10 bits per heavy atom. The van der Waals surface area contributed by atoms with Gasteiger partial charge in [-0.15, -0.1) is 0 Å². The summed E-state index contributed by atoms with van der Waals surface area (Å²) in [7, 11) is 0. The van der Waals surface area contributed by atoms with Crippen LogP contribution < -0.4 is 0 Å². The number of carbonyl (C=O) groups is 2. The SMILES string of the molecule is FC(F)(F)c1cccc(-c2ccc(C34C=CCN(CC3)C4)cn2)c1.O=C(O)C(=O)O. The molecular formula is C21H19F3N2O4. The van der Waals surface area contributed by atoms with E-state index in [0.29, 0.717) is 11.3 Å². The molecule has 1 aromatic heterocycles. The molecule has 3 heterocycles. The third-order valence-corrected chi connectivity index (χ3v) is 5.19. The van der Waals surface area contributed by atoms with Gasteiger partial charge in [0, 0.05) is 30.3 Å². The summed E-state index contributed by atoms with van der Waals surface area (Å²) in [6, 6.07) is 9.14. The van der Waals surface area contributed by atoms with E-state index in [0.717, 1.165) is 43.8 Å². The Bertz CT molecular complexity index is 961. The largest absolute Gasteiger partial charge is 0.473 e. The zero-order valence-corrected chi connectivity index (χ0v) is 15.8. The monoisotopic (exact) mass is 420 g/mol. The summed E-state index contributed by atoms with van der Waals surface area (Å²) in [5.41, 5.74) is 1.55. The maximum absolute atomic E-state index is 12.9. The summed E-state index contributed by atoms with van der Waals surface area (Å²) in [6.07, 6.45) is 2.99.